The van der Waals surface area contributed by atoms with Crippen LogP contribution in [0, 0.1) is 0 Å². The van der Waals surface area contributed by atoms with E-state index in [2.05, 4.69) is 5.32 Å². The van der Waals surface area contributed by atoms with Gasteiger partial charge in [0.25, 0.3) is 5.91 Å². The zero-order valence-corrected chi connectivity index (χ0v) is 17.1. The number of sulfonamides is 1. The fourth-order valence-electron chi connectivity index (χ4n) is 3.31. The van der Waals surface area contributed by atoms with E-state index in [1.165, 1.54) is 34.6 Å². The number of halogens is 3. The molecule has 1 fully saturated rings. The number of carbonyl (C=O) groups is 1. The van der Waals surface area contributed by atoms with Gasteiger partial charge in [-0.25, -0.2) is 8.42 Å². The molecule has 0 radical (unpaired) electrons. The molecular formula is C20H21F3N2O4S. The first-order chi connectivity index (χ1) is 14.0. The third kappa shape index (κ3) is 4.82. The number of benzene rings is 2. The zero-order chi connectivity index (χ0) is 22.1. The largest absolute Gasteiger partial charge is 0.418 e. The van der Waals surface area contributed by atoms with Gasteiger partial charge in [-0.3, -0.25) is 4.79 Å². The highest BCUT2D eigenvalue weighted by Crippen LogP contribution is 2.34. The molecule has 1 heterocycles. The van der Waals surface area contributed by atoms with Gasteiger partial charge in [0, 0.05) is 18.7 Å². The van der Waals surface area contributed by atoms with Crippen LogP contribution in [0.3, 0.4) is 0 Å². The molecule has 1 aliphatic heterocycles. The third-order valence-corrected chi connectivity index (χ3v) is 6.43. The van der Waals surface area contributed by atoms with Crippen LogP contribution in [-0.4, -0.2) is 43.9 Å². The van der Waals surface area contributed by atoms with Crippen molar-refractivity contribution in [3.05, 3.63) is 59.7 Å². The highest BCUT2D eigenvalue weighted by molar-refractivity contribution is 7.89. The number of hydrogen-bond acceptors (Lipinski definition) is 4. The minimum absolute atomic E-state index is 0.0672. The van der Waals surface area contributed by atoms with Crippen LogP contribution in [0.5, 0.6) is 0 Å². The Labute approximate surface area is 172 Å². The summed E-state index contributed by atoms with van der Waals surface area (Å²) in [5, 5.41) is 2.22. The van der Waals surface area contributed by atoms with Crippen molar-refractivity contribution in [1.82, 2.24) is 4.31 Å². The topological polar surface area (TPSA) is 75.7 Å². The summed E-state index contributed by atoms with van der Waals surface area (Å²) < 4.78 is 72.2. The number of rotatable bonds is 4. The molecule has 30 heavy (non-hydrogen) atoms. The summed E-state index contributed by atoms with van der Waals surface area (Å²) >= 11 is 0. The quantitative estimate of drug-likeness (QED) is 0.783. The van der Waals surface area contributed by atoms with Crippen LogP contribution in [0.4, 0.5) is 18.9 Å². The van der Waals surface area contributed by atoms with Crippen molar-refractivity contribution in [3.8, 4) is 0 Å². The second-order valence-corrected chi connectivity index (χ2v) is 9.04. The minimum atomic E-state index is -4.64. The lowest BCUT2D eigenvalue weighted by Gasteiger charge is -2.34. The highest BCUT2D eigenvalue weighted by atomic mass is 32.2. The van der Waals surface area contributed by atoms with E-state index in [0.29, 0.717) is 0 Å². The fraction of sp³-hybridized carbons (Fsp3) is 0.350. The van der Waals surface area contributed by atoms with Gasteiger partial charge < -0.3 is 10.1 Å². The normalized spacial score (nSPS) is 20.7. The number of alkyl halides is 3. The Morgan fingerprint density at radius 2 is 1.70 bits per heavy atom. The molecule has 0 spiro atoms. The average molecular weight is 442 g/mol. The maximum absolute atomic E-state index is 13.1. The summed E-state index contributed by atoms with van der Waals surface area (Å²) in [5.74, 6) is -0.840. The summed E-state index contributed by atoms with van der Waals surface area (Å²) in [7, 11) is -3.89. The van der Waals surface area contributed by atoms with E-state index in [1.807, 2.05) is 0 Å². The SMILES string of the molecule is CC1CN(S(=O)(=O)c2cccc(C(=O)Nc3ccccc3C(F)(F)F)c2)CC(C)O1. The van der Waals surface area contributed by atoms with Crippen molar-refractivity contribution in [2.75, 3.05) is 18.4 Å². The molecule has 1 amide bonds. The van der Waals surface area contributed by atoms with Crippen LogP contribution >= 0.6 is 0 Å². The van der Waals surface area contributed by atoms with Gasteiger partial charge in [-0.15, -0.1) is 0 Å². The monoisotopic (exact) mass is 442 g/mol. The molecule has 1 aliphatic rings. The number of morpholine rings is 1. The predicted octanol–water partition coefficient (Wildman–Crippen LogP) is 3.76. The van der Waals surface area contributed by atoms with E-state index in [9.17, 15) is 26.4 Å². The molecule has 2 atom stereocenters. The number of hydrogen-bond donors (Lipinski definition) is 1. The first-order valence-electron chi connectivity index (χ1n) is 9.21. The lowest BCUT2D eigenvalue weighted by molar-refractivity contribution is -0.136. The van der Waals surface area contributed by atoms with E-state index >= 15 is 0 Å². The second-order valence-electron chi connectivity index (χ2n) is 7.10. The molecule has 162 valence electrons. The molecule has 0 bridgehead atoms. The lowest BCUT2D eigenvalue weighted by atomic mass is 10.1. The number of para-hydroxylation sites is 1. The molecule has 3 rings (SSSR count). The van der Waals surface area contributed by atoms with Crippen LogP contribution in [-0.2, 0) is 20.9 Å². The molecule has 0 saturated carbocycles. The fourth-order valence-corrected chi connectivity index (χ4v) is 4.94. The van der Waals surface area contributed by atoms with Crippen LogP contribution in [0.2, 0.25) is 0 Å². The average Bonchev–Trinajstić information content (AvgIpc) is 2.67. The van der Waals surface area contributed by atoms with E-state index < -0.39 is 33.4 Å². The molecule has 0 aliphatic carbocycles. The van der Waals surface area contributed by atoms with Crippen LogP contribution in [0.15, 0.2) is 53.4 Å². The van der Waals surface area contributed by atoms with E-state index in [0.717, 1.165) is 18.2 Å². The Balaban J connectivity index is 1.86. The van der Waals surface area contributed by atoms with Gasteiger partial charge in [0.05, 0.1) is 28.4 Å². The van der Waals surface area contributed by atoms with Gasteiger partial charge in [-0.2, -0.15) is 17.5 Å². The molecule has 6 nitrogen and oxygen atoms in total. The molecule has 2 unspecified atom stereocenters. The zero-order valence-electron chi connectivity index (χ0n) is 16.3. The van der Waals surface area contributed by atoms with Crippen LogP contribution in [0.1, 0.15) is 29.8 Å². The number of ether oxygens (including phenoxy) is 1. The predicted molar refractivity (Wildman–Crippen MR) is 105 cm³/mol. The summed E-state index contributed by atoms with van der Waals surface area (Å²) in [4.78, 5) is 12.4. The van der Waals surface area contributed by atoms with Gasteiger partial charge in [-0.1, -0.05) is 18.2 Å². The molecule has 1 N–H and O–H groups in total. The number of nitrogens with zero attached hydrogens (tertiary/aromatic N) is 1. The van der Waals surface area contributed by atoms with Crippen molar-refractivity contribution >= 4 is 21.6 Å². The molecule has 10 heteroatoms. The summed E-state index contributed by atoms with van der Waals surface area (Å²) in [6.07, 6.45) is -5.21. The number of amides is 1. The first kappa shape index (κ1) is 22.3. The lowest BCUT2D eigenvalue weighted by Crippen LogP contribution is -2.48. The Hall–Kier alpha value is -2.43. The first-order valence-corrected chi connectivity index (χ1v) is 10.7. The third-order valence-electron chi connectivity index (χ3n) is 4.60. The van der Waals surface area contributed by atoms with Gasteiger partial charge in [0.15, 0.2) is 0 Å². The van der Waals surface area contributed by atoms with E-state index in [-0.39, 0.29) is 35.8 Å². The smallest absolute Gasteiger partial charge is 0.373 e. The number of anilines is 1. The molecular weight excluding hydrogens is 421 g/mol. The van der Waals surface area contributed by atoms with Crippen molar-refractivity contribution < 1.29 is 31.1 Å². The Morgan fingerprint density at radius 3 is 2.33 bits per heavy atom. The summed E-state index contributed by atoms with van der Waals surface area (Å²) in [6.45, 7) is 3.87. The van der Waals surface area contributed by atoms with Crippen molar-refractivity contribution in [3.63, 3.8) is 0 Å². The number of carbonyl (C=O) groups excluding carboxylic acids is 1. The Kier molecular flexibility index (Phi) is 6.21. The van der Waals surface area contributed by atoms with Crippen LogP contribution < -0.4 is 5.32 Å². The Bertz CT molecular complexity index is 1030. The van der Waals surface area contributed by atoms with Crippen LogP contribution in [0.25, 0.3) is 0 Å². The molecule has 2 aromatic rings. The van der Waals surface area contributed by atoms with Crippen molar-refractivity contribution in [2.45, 2.75) is 37.1 Å². The van der Waals surface area contributed by atoms with E-state index in [1.54, 1.807) is 13.8 Å². The van der Waals surface area contributed by atoms with Gasteiger partial charge >= 0.3 is 6.18 Å². The highest BCUT2D eigenvalue weighted by Gasteiger charge is 2.34. The Morgan fingerprint density at radius 1 is 1.07 bits per heavy atom. The standard InChI is InChI=1S/C20H21F3N2O4S/c1-13-11-25(12-14(2)29-13)30(27,28)16-7-5-6-15(10-16)19(26)24-18-9-4-3-8-17(18)20(21,22)23/h3-10,13-14H,11-12H2,1-2H3,(H,24,26). The molecule has 2 aromatic carbocycles. The van der Waals surface area contributed by atoms with Gasteiger partial charge in [-0.05, 0) is 44.2 Å². The van der Waals surface area contributed by atoms with Crippen molar-refractivity contribution in [1.29, 1.82) is 0 Å². The number of nitrogens with one attached hydrogen (secondary N) is 1. The maximum atomic E-state index is 13.1. The van der Waals surface area contributed by atoms with Gasteiger partial charge in [0.2, 0.25) is 10.0 Å². The molecule has 1 saturated heterocycles. The summed E-state index contributed by atoms with van der Waals surface area (Å²) in [6, 6.07) is 9.81. The second kappa shape index (κ2) is 8.37. The minimum Gasteiger partial charge on any atom is -0.373 e. The van der Waals surface area contributed by atoms with E-state index in [4.69, 9.17) is 4.74 Å². The van der Waals surface area contributed by atoms with Gasteiger partial charge in [0.1, 0.15) is 0 Å². The molecule has 0 aromatic heterocycles. The maximum Gasteiger partial charge on any atom is 0.418 e. The summed E-state index contributed by atoms with van der Waals surface area (Å²) in [5.41, 5.74) is -1.46. The van der Waals surface area contributed by atoms with Crippen molar-refractivity contribution in [2.24, 2.45) is 0 Å².